The zero-order valence-electron chi connectivity index (χ0n) is 8.55. The lowest BCUT2D eigenvalue weighted by molar-refractivity contribution is -0.160. The highest BCUT2D eigenvalue weighted by molar-refractivity contribution is 5.67. The summed E-state index contributed by atoms with van der Waals surface area (Å²) in [5.74, 6) is -0.552. The van der Waals surface area contributed by atoms with Gasteiger partial charge < -0.3 is 10.1 Å². The van der Waals surface area contributed by atoms with Crippen molar-refractivity contribution in [3.8, 4) is 0 Å². The quantitative estimate of drug-likeness (QED) is 0.838. The number of hydrogen-bond acceptors (Lipinski definition) is 2. The molecule has 7 heteroatoms. The fourth-order valence-electron chi connectivity index (χ4n) is 1.01. The van der Waals surface area contributed by atoms with Crippen molar-refractivity contribution in [2.24, 2.45) is 0 Å². The molecule has 1 aromatic rings. The number of alkyl carbamates (subject to hydrolysis) is 1. The average Bonchev–Trinajstić information content (AvgIpc) is 2.24. The second-order valence-corrected chi connectivity index (χ2v) is 3.14. The number of nitrogens with one attached hydrogen (secondary N) is 1. The average molecular weight is 251 g/mol. The van der Waals surface area contributed by atoms with Crippen LogP contribution in [0.3, 0.4) is 0 Å². The molecular weight excluding hydrogens is 242 g/mol. The molecule has 0 aliphatic carbocycles. The Morgan fingerprint density at radius 2 is 1.94 bits per heavy atom. The second-order valence-electron chi connectivity index (χ2n) is 3.14. The van der Waals surface area contributed by atoms with Gasteiger partial charge in [-0.3, -0.25) is 0 Å². The van der Waals surface area contributed by atoms with Gasteiger partial charge in [0.25, 0.3) is 0 Å². The standard InChI is InChI=1S/C10H9F4NO2/c11-8-4-2-1-3-7(8)5-15-9(16)17-6-10(12,13)14/h1-4H,5-6H2,(H,15,16). The first kappa shape index (κ1) is 13.3. The first-order chi connectivity index (χ1) is 7.88. The van der Waals surface area contributed by atoms with Crippen LogP contribution in [0.4, 0.5) is 22.4 Å². The third-order valence-corrected chi connectivity index (χ3v) is 1.75. The summed E-state index contributed by atoms with van der Waals surface area (Å²) in [6.07, 6.45) is -5.82. The van der Waals surface area contributed by atoms with Gasteiger partial charge in [0.1, 0.15) is 5.82 Å². The van der Waals surface area contributed by atoms with Gasteiger partial charge in [0, 0.05) is 12.1 Å². The van der Waals surface area contributed by atoms with Crippen LogP contribution in [-0.2, 0) is 11.3 Å². The summed E-state index contributed by atoms with van der Waals surface area (Å²) in [6.45, 7) is -1.90. The molecule has 0 aromatic heterocycles. The summed E-state index contributed by atoms with van der Waals surface area (Å²) in [7, 11) is 0. The molecule has 0 saturated carbocycles. The summed E-state index contributed by atoms with van der Waals surface area (Å²) in [5.41, 5.74) is 0.163. The van der Waals surface area contributed by atoms with E-state index >= 15 is 0 Å². The first-order valence-corrected chi connectivity index (χ1v) is 4.59. The third-order valence-electron chi connectivity index (χ3n) is 1.75. The van der Waals surface area contributed by atoms with E-state index in [2.05, 4.69) is 4.74 Å². The number of carbonyl (C=O) groups is 1. The number of halogens is 4. The Balaban J connectivity index is 2.36. The minimum absolute atomic E-state index is 0.163. The topological polar surface area (TPSA) is 38.3 Å². The van der Waals surface area contributed by atoms with E-state index in [1.807, 2.05) is 5.32 Å². The van der Waals surface area contributed by atoms with E-state index < -0.39 is 24.7 Å². The third kappa shape index (κ3) is 5.19. The molecule has 17 heavy (non-hydrogen) atoms. The lowest BCUT2D eigenvalue weighted by Crippen LogP contribution is -2.28. The van der Waals surface area contributed by atoms with Crippen molar-refractivity contribution in [3.63, 3.8) is 0 Å². The van der Waals surface area contributed by atoms with Gasteiger partial charge in [0.05, 0.1) is 0 Å². The number of amides is 1. The van der Waals surface area contributed by atoms with Crippen molar-refractivity contribution in [2.75, 3.05) is 6.61 Å². The monoisotopic (exact) mass is 251 g/mol. The molecule has 94 valence electrons. The molecule has 0 radical (unpaired) electrons. The Kier molecular flexibility index (Phi) is 4.30. The van der Waals surface area contributed by atoms with E-state index in [4.69, 9.17) is 0 Å². The maximum absolute atomic E-state index is 13.0. The second kappa shape index (κ2) is 5.51. The molecule has 0 aliphatic rings. The maximum Gasteiger partial charge on any atom is 0.422 e. The molecule has 0 fully saturated rings. The van der Waals surface area contributed by atoms with Crippen molar-refractivity contribution < 1.29 is 27.1 Å². The van der Waals surface area contributed by atoms with Crippen LogP contribution in [0.5, 0.6) is 0 Å². The van der Waals surface area contributed by atoms with Gasteiger partial charge in [-0.2, -0.15) is 13.2 Å². The van der Waals surface area contributed by atoms with Gasteiger partial charge >= 0.3 is 12.3 Å². The van der Waals surface area contributed by atoms with Gasteiger partial charge in [-0.05, 0) is 6.07 Å². The number of carbonyl (C=O) groups excluding carboxylic acids is 1. The molecule has 1 amide bonds. The van der Waals surface area contributed by atoms with Crippen LogP contribution in [0.2, 0.25) is 0 Å². The van der Waals surface area contributed by atoms with Crippen LogP contribution in [0.25, 0.3) is 0 Å². The molecule has 0 heterocycles. The molecule has 0 aliphatic heterocycles. The smallest absolute Gasteiger partial charge is 0.422 e. The van der Waals surface area contributed by atoms with Crippen LogP contribution in [-0.4, -0.2) is 18.9 Å². The minimum Gasteiger partial charge on any atom is -0.440 e. The normalized spacial score (nSPS) is 11.1. The van der Waals surface area contributed by atoms with Crippen molar-refractivity contribution in [3.05, 3.63) is 35.6 Å². The number of ether oxygens (including phenoxy) is 1. The van der Waals surface area contributed by atoms with E-state index in [0.717, 1.165) is 0 Å². The molecule has 0 bridgehead atoms. The summed E-state index contributed by atoms with van der Waals surface area (Å²) >= 11 is 0. The number of rotatable bonds is 3. The number of benzene rings is 1. The van der Waals surface area contributed by atoms with Gasteiger partial charge in [0.2, 0.25) is 0 Å². The van der Waals surface area contributed by atoms with Gasteiger partial charge in [-0.25, -0.2) is 9.18 Å². The van der Waals surface area contributed by atoms with Crippen molar-refractivity contribution in [1.29, 1.82) is 0 Å². The highest BCUT2D eigenvalue weighted by Gasteiger charge is 2.29. The Labute approximate surface area is 94.4 Å². The predicted octanol–water partition coefficient (Wildman–Crippen LogP) is 2.61. The highest BCUT2D eigenvalue weighted by Crippen LogP contribution is 2.14. The van der Waals surface area contributed by atoms with Crippen molar-refractivity contribution in [2.45, 2.75) is 12.7 Å². The fraction of sp³-hybridized carbons (Fsp3) is 0.300. The summed E-state index contributed by atoms with van der Waals surface area (Å²) in [4.78, 5) is 10.8. The molecule has 0 spiro atoms. The zero-order chi connectivity index (χ0) is 12.9. The number of hydrogen-bond donors (Lipinski definition) is 1. The largest absolute Gasteiger partial charge is 0.440 e. The molecular formula is C10H9F4NO2. The van der Waals surface area contributed by atoms with E-state index in [-0.39, 0.29) is 12.1 Å². The van der Waals surface area contributed by atoms with Gasteiger partial charge in [-0.1, -0.05) is 18.2 Å². The first-order valence-electron chi connectivity index (χ1n) is 4.59. The van der Waals surface area contributed by atoms with Crippen LogP contribution in [0, 0.1) is 5.82 Å². The molecule has 0 atom stereocenters. The van der Waals surface area contributed by atoms with Gasteiger partial charge in [-0.15, -0.1) is 0 Å². The van der Waals surface area contributed by atoms with Crippen LogP contribution >= 0.6 is 0 Å². The molecule has 1 aromatic carbocycles. The zero-order valence-corrected chi connectivity index (χ0v) is 8.55. The van der Waals surface area contributed by atoms with E-state index in [1.165, 1.54) is 18.2 Å². The SMILES string of the molecule is O=C(NCc1ccccc1F)OCC(F)(F)F. The molecule has 3 nitrogen and oxygen atoms in total. The predicted molar refractivity (Wildman–Crippen MR) is 50.6 cm³/mol. The molecule has 1 N–H and O–H groups in total. The summed E-state index contributed by atoms with van der Waals surface area (Å²) in [5, 5.41) is 2.01. The van der Waals surface area contributed by atoms with Crippen LogP contribution in [0.1, 0.15) is 5.56 Å². The minimum atomic E-state index is -4.57. The van der Waals surface area contributed by atoms with E-state index in [0.29, 0.717) is 0 Å². The molecule has 0 unspecified atom stereocenters. The van der Waals surface area contributed by atoms with Crippen LogP contribution < -0.4 is 5.32 Å². The lowest BCUT2D eigenvalue weighted by Gasteiger charge is -2.09. The molecule has 1 rings (SSSR count). The van der Waals surface area contributed by atoms with Gasteiger partial charge in [0.15, 0.2) is 6.61 Å². The Bertz CT molecular complexity index is 392. The highest BCUT2D eigenvalue weighted by atomic mass is 19.4. The molecule has 0 saturated heterocycles. The van der Waals surface area contributed by atoms with Crippen LogP contribution in [0.15, 0.2) is 24.3 Å². The maximum atomic E-state index is 13.0. The number of alkyl halides is 3. The Morgan fingerprint density at radius 1 is 1.29 bits per heavy atom. The van der Waals surface area contributed by atoms with Crippen molar-refractivity contribution >= 4 is 6.09 Å². The Hall–Kier alpha value is -1.79. The fourth-order valence-corrected chi connectivity index (χ4v) is 1.01. The van der Waals surface area contributed by atoms with Crippen molar-refractivity contribution in [1.82, 2.24) is 5.32 Å². The summed E-state index contributed by atoms with van der Waals surface area (Å²) < 4.78 is 51.9. The lowest BCUT2D eigenvalue weighted by atomic mass is 10.2. The Morgan fingerprint density at radius 3 is 2.53 bits per heavy atom. The summed E-state index contributed by atoms with van der Waals surface area (Å²) in [6, 6.07) is 5.58. The van der Waals surface area contributed by atoms with E-state index in [9.17, 15) is 22.4 Å². The van der Waals surface area contributed by atoms with E-state index in [1.54, 1.807) is 6.07 Å².